The fraction of sp³-hybridized carbons (Fsp3) is 0.435. The number of benzene rings is 2. The van der Waals surface area contributed by atoms with Crippen LogP contribution in [0.4, 0.5) is 0 Å². The molecule has 0 aliphatic heterocycles. The summed E-state index contributed by atoms with van der Waals surface area (Å²) in [6.45, 7) is 7.41. The Kier molecular flexibility index (Phi) is 8.69. The molecule has 0 aromatic heterocycles. The lowest BCUT2D eigenvalue weighted by Crippen LogP contribution is -2.38. The number of ether oxygens (including phenoxy) is 2. The molecule has 0 heterocycles. The van der Waals surface area contributed by atoms with Crippen LogP contribution in [0.1, 0.15) is 44.2 Å². The van der Waals surface area contributed by atoms with E-state index in [1.807, 2.05) is 56.3 Å². The average Bonchev–Trinajstić information content (AvgIpc) is 2.68. The van der Waals surface area contributed by atoms with E-state index in [1.165, 1.54) is 5.56 Å². The standard InChI is InChI=1S/C23H31NO3/c1-4-16-26-22-14-7-6-11-19(22)12-9-15-24-23(25)21(5-2)27-20-13-8-10-18(3)17-20/h6-8,10-11,13-14,17,21H,4-5,9,12,15-16H2,1-3H3,(H,24,25)/t21-/m0/s1. The van der Waals surface area contributed by atoms with Gasteiger partial charge in [-0.1, -0.05) is 44.2 Å². The third-order valence-electron chi connectivity index (χ3n) is 4.29. The third kappa shape index (κ3) is 6.97. The van der Waals surface area contributed by atoms with Gasteiger partial charge >= 0.3 is 0 Å². The van der Waals surface area contributed by atoms with Gasteiger partial charge in [0, 0.05) is 6.54 Å². The Morgan fingerprint density at radius 2 is 1.93 bits per heavy atom. The molecule has 2 aromatic carbocycles. The van der Waals surface area contributed by atoms with E-state index in [-0.39, 0.29) is 5.91 Å². The summed E-state index contributed by atoms with van der Waals surface area (Å²) in [4.78, 5) is 12.4. The first kappa shape index (κ1) is 20.8. The number of carbonyl (C=O) groups excluding carboxylic acids is 1. The smallest absolute Gasteiger partial charge is 0.261 e. The third-order valence-corrected chi connectivity index (χ3v) is 4.29. The van der Waals surface area contributed by atoms with Crippen LogP contribution in [0.3, 0.4) is 0 Å². The normalized spacial score (nSPS) is 11.7. The van der Waals surface area contributed by atoms with Gasteiger partial charge in [0.15, 0.2) is 6.10 Å². The molecule has 2 aromatic rings. The number of hydrogen-bond donors (Lipinski definition) is 1. The van der Waals surface area contributed by atoms with Crippen molar-refractivity contribution in [1.29, 1.82) is 0 Å². The Hall–Kier alpha value is -2.49. The number of rotatable bonds is 11. The molecule has 1 amide bonds. The summed E-state index contributed by atoms with van der Waals surface area (Å²) < 4.78 is 11.6. The molecule has 0 saturated carbocycles. The average molecular weight is 370 g/mol. The summed E-state index contributed by atoms with van der Waals surface area (Å²) in [5.74, 6) is 1.62. The van der Waals surface area contributed by atoms with Gasteiger partial charge in [0.25, 0.3) is 5.91 Å². The maximum atomic E-state index is 12.4. The monoisotopic (exact) mass is 369 g/mol. The summed E-state index contributed by atoms with van der Waals surface area (Å²) in [5, 5.41) is 3.00. The summed E-state index contributed by atoms with van der Waals surface area (Å²) in [6, 6.07) is 15.9. The van der Waals surface area contributed by atoms with E-state index in [9.17, 15) is 4.79 Å². The largest absolute Gasteiger partial charge is 0.493 e. The molecular formula is C23H31NO3. The molecule has 4 nitrogen and oxygen atoms in total. The molecule has 146 valence electrons. The number of hydrogen-bond acceptors (Lipinski definition) is 3. The predicted octanol–water partition coefficient (Wildman–Crippen LogP) is 4.69. The zero-order valence-electron chi connectivity index (χ0n) is 16.7. The highest BCUT2D eigenvalue weighted by Crippen LogP contribution is 2.20. The quantitative estimate of drug-likeness (QED) is 0.585. The first-order valence-electron chi connectivity index (χ1n) is 9.85. The van der Waals surface area contributed by atoms with E-state index in [1.54, 1.807) is 0 Å². The van der Waals surface area contributed by atoms with Gasteiger partial charge in [-0.2, -0.15) is 0 Å². The molecule has 0 spiro atoms. The van der Waals surface area contributed by atoms with Gasteiger partial charge in [-0.15, -0.1) is 0 Å². The van der Waals surface area contributed by atoms with Crippen molar-refractivity contribution >= 4 is 5.91 Å². The molecule has 0 aliphatic rings. The van der Waals surface area contributed by atoms with Crippen molar-refractivity contribution < 1.29 is 14.3 Å². The fourth-order valence-electron chi connectivity index (χ4n) is 2.84. The molecular weight excluding hydrogens is 338 g/mol. The van der Waals surface area contributed by atoms with Crippen LogP contribution in [-0.4, -0.2) is 25.2 Å². The van der Waals surface area contributed by atoms with Crippen LogP contribution in [0.5, 0.6) is 11.5 Å². The predicted molar refractivity (Wildman–Crippen MR) is 109 cm³/mol. The minimum atomic E-state index is -0.466. The number of para-hydroxylation sites is 1. The van der Waals surface area contributed by atoms with E-state index in [0.29, 0.717) is 13.0 Å². The SMILES string of the molecule is CCCOc1ccccc1CCCNC(=O)[C@H](CC)Oc1cccc(C)c1. The zero-order chi connectivity index (χ0) is 19.5. The van der Waals surface area contributed by atoms with Gasteiger partial charge < -0.3 is 14.8 Å². The highest BCUT2D eigenvalue weighted by atomic mass is 16.5. The van der Waals surface area contributed by atoms with E-state index >= 15 is 0 Å². The van der Waals surface area contributed by atoms with Crippen LogP contribution in [0, 0.1) is 6.92 Å². The molecule has 0 radical (unpaired) electrons. The van der Waals surface area contributed by atoms with E-state index in [0.717, 1.165) is 42.9 Å². The Morgan fingerprint density at radius 3 is 2.67 bits per heavy atom. The lowest BCUT2D eigenvalue weighted by atomic mass is 10.1. The Balaban J connectivity index is 1.79. The van der Waals surface area contributed by atoms with Gasteiger partial charge in [0.1, 0.15) is 11.5 Å². The maximum absolute atomic E-state index is 12.4. The first-order valence-corrected chi connectivity index (χ1v) is 9.85. The number of carbonyl (C=O) groups is 1. The van der Waals surface area contributed by atoms with Crippen LogP contribution in [-0.2, 0) is 11.2 Å². The molecule has 2 rings (SSSR count). The zero-order valence-corrected chi connectivity index (χ0v) is 16.7. The molecule has 27 heavy (non-hydrogen) atoms. The van der Waals surface area contributed by atoms with E-state index < -0.39 is 6.10 Å². The summed E-state index contributed by atoms with van der Waals surface area (Å²) in [6.07, 6.45) is 2.89. The van der Waals surface area contributed by atoms with Crippen LogP contribution in [0.15, 0.2) is 48.5 Å². The fourth-order valence-corrected chi connectivity index (χ4v) is 2.84. The summed E-state index contributed by atoms with van der Waals surface area (Å²) >= 11 is 0. The molecule has 1 N–H and O–H groups in total. The van der Waals surface area contributed by atoms with Gasteiger partial charge in [0.2, 0.25) is 0 Å². The topological polar surface area (TPSA) is 47.6 Å². The number of aryl methyl sites for hydroxylation is 2. The minimum absolute atomic E-state index is 0.0606. The molecule has 0 bridgehead atoms. The molecule has 0 saturated heterocycles. The second kappa shape index (κ2) is 11.3. The summed E-state index contributed by atoms with van der Waals surface area (Å²) in [7, 11) is 0. The maximum Gasteiger partial charge on any atom is 0.261 e. The van der Waals surface area contributed by atoms with Gasteiger partial charge in [-0.05, 0) is 61.9 Å². The lowest BCUT2D eigenvalue weighted by molar-refractivity contribution is -0.128. The van der Waals surface area contributed by atoms with Gasteiger partial charge in [-0.3, -0.25) is 4.79 Å². The molecule has 0 unspecified atom stereocenters. The van der Waals surface area contributed by atoms with Crippen molar-refractivity contribution in [2.75, 3.05) is 13.2 Å². The van der Waals surface area contributed by atoms with Crippen molar-refractivity contribution in [3.63, 3.8) is 0 Å². The van der Waals surface area contributed by atoms with Crippen molar-refractivity contribution in [3.05, 3.63) is 59.7 Å². The Bertz CT molecular complexity index is 714. The second-order valence-electron chi connectivity index (χ2n) is 6.68. The van der Waals surface area contributed by atoms with Crippen LogP contribution < -0.4 is 14.8 Å². The highest BCUT2D eigenvalue weighted by molar-refractivity contribution is 5.81. The van der Waals surface area contributed by atoms with Crippen LogP contribution in [0.25, 0.3) is 0 Å². The lowest BCUT2D eigenvalue weighted by Gasteiger charge is -2.17. The van der Waals surface area contributed by atoms with Crippen LogP contribution >= 0.6 is 0 Å². The van der Waals surface area contributed by atoms with Crippen molar-refractivity contribution in [1.82, 2.24) is 5.32 Å². The van der Waals surface area contributed by atoms with Crippen molar-refractivity contribution in [2.24, 2.45) is 0 Å². The molecule has 1 atom stereocenters. The Morgan fingerprint density at radius 1 is 1.11 bits per heavy atom. The van der Waals surface area contributed by atoms with Crippen molar-refractivity contribution in [3.8, 4) is 11.5 Å². The molecule has 0 aliphatic carbocycles. The summed E-state index contributed by atoms with van der Waals surface area (Å²) in [5.41, 5.74) is 2.30. The van der Waals surface area contributed by atoms with Crippen LogP contribution in [0.2, 0.25) is 0 Å². The van der Waals surface area contributed by atoms with Gasteiger partial charge in [-0.25, -0.2) is 0 Å². The molecule has 0 fully saturated rings. The second-order valence-corrected chi connectivity index (χ2v) is 6.68. The number of amides is 1. The highest BCUT2D eigenvalue weighted by Gasteiger charge is 2.17. The van der Waals surface area contributed by atoms with E-state index in [2.05, 4.69) is 18.3 Å². The van der Waals surface area contributed by atoms with E-state index in [4.69, 9.17) is 9.47 Å². The molecule has 4 heteroatoms. The Labute approximate surface area is 162 Å². The van der Waals surface area contributed by atoms with Crippen molar-refractivity contribution in [2.45, 2.75) is 52.6 Å². The van der Waals surface area contributed by atoms with Gasteiger partial charge in [0.05, 0.1) is 6.61 Å². The minimum Gasteiger partial charge on any atom is -0.493 e. The number of nitrogens with one attached hydrogen (secondary N) is 1. The first-order chi connectivity index (χ1) is 13.1.